The number of likely N-dealkylation sites (N-methyl/N-ethyl adjacent to an activating group) is 1. The summed E-state index contributed by atoms with van der Waals surface area (Å²) in [7, 11) is 0. The van der Waals surface area contributed by atoms with E-state index < -0.39 is 5.63 Å². The molecule has 0 atom stereocenters. The average molecular weight is 341 g/mol. The summed E-state index contributed by atoms with van der Waals surface area (Å²) in [6.45, 7) is 2.07. The van der Waals surface area contributed by atoms with Crippen molar-refractivity contribution in [3.63, 3.8) is 0 Å². The Bertz CT molecular complexity index is 950. The van der Waals surface area contributed by atoms with E-state index in [4.69, 9.17) is 9.15 Å². The molecule has 0 saturated carbocycles. The van der Waals surface area contributed by atoms with Crippen LogP contribution in [0.1, 0.15) is 6.92 Å². The Hall–Kier alpha value is -3.15. The molecule has 0 spiro atoms. The highest BCUT2D eigenvalue weighted by Crippen LogP contribution is 2.20. The molecule has 6 heteroatoms. The van der Waals surface area contributed by atoms with Crippen molar-refractivity contribution in [1.29, 1.82) is 0 Å². The highest BCUT2D eigenvalue weighted by Gasteiger charge is 2.15. The number of anilines is 1. The number of halogens is 1. The number of rotatable bonds is 5. The molecule has 3 rings (SSSR count). The van der Waals surface area contributed by atoms with Crippen LogP contribution in [0.3, 0.4) is 0 Å². The number of carbonyl (C=O) groups excluding carboxylic acids is 1. The lowest BCUT2D eigenvalue weighted by Gasteiger charge is -2.21. The second-order valence-electron chi connectivity index (χ2n) is 5.36. The van der Waals surface area contributed by atoms with E-state index in [9.17, 15) is 14.0 Å². The fourth-order valence-electron chi connectivity index (χ4n) is 2.48. The van der Waals surface area contributed by atoms with Crippen molar-refractivity contribution in [2.24, 2.45) is 0 Å². The normalized spacial score (nSPS) is 10.6. The van der Waals surface area contributed by atoms with Crippen LogP contribution in [0.2, 0.25) is 0 Å². The Morgan fingerprint density at radius 3 is 2.56 bits per heavy atom. The van der Waals surface area contributed by atoms with Gasteiger partial charge >= 0.3 is 5.63 Å². The molecule has 1 amide bonds. The Balaban J connectivity index is 1.72. The maximum atomic E-state index is 13.0. The van der Waals surface area contributed by atoms with Gasteiger partial charge in [-0.05, 0) is 49.4 Å². The molecule has 0 bridgehead atoms. The number of hydrogen-bond donors (Lipinski definition) is 0. The number of nitrogens with zero attached hydrogens (tertiary/aromatic N) is 1. The second kappa shape index (κ2) is 7.17. The molecule has 1 heterocycles. The number of amides is 1. The minimum absolute atomic E-state index is 0.187. The zero-order chi connectivity index (χ0) is 17.8. The maximum absolute atomic E-state index is 13.0. The Morgan fingerprint density at radius 2 is 1.84 bits per heavy atom. The van der Waals surface area contributed by atoms with Crippen LogP contribution in [0.15, 0.2) is 63.8 Å². The van der Waals surface area contributed by atoms with E-state index in [1.165, 1.54) is 23.1 Å². The van der Waals surface area contributed by atoms with Gasteiger partial charge in [-0.25, -0.2) is 9.18 Å². The van der Waals surface area contributed by atoms with Gasteiger partial charge in [-0.15, -0.1) is 0 Å². The van der Waals surface area contributed by atoms with Gasteiger partial charge in [-0.2, -0.15) is 0 Å². The molecule has 128 valence electrons. The highest BCUT2D eigenvalue weighted by molar-refractivity contribution is 5.94. The minimum atomic E-state index is -0.450. The lowest BCUT2D eigenvalue weighted by molar-refractivity contribution is -0.120. The van der Waals surface area contributed by atoms with E-state index in [-0.39, 0.29) is 18.3 Å². The SMILES string of the molecule is CCN(C(=O)COc1ccc2ccc(=O)oc2c1)c1ccc(F)cc1. The summed E-state index contributed by atoms with van der Waals surface area (Å²) in [5.41, 5.74) is 0.541. The van der Waals surface area contributed by atoms with Crippen LogP contribution in [0.5, 0.6) is 5.75 Å². The fourth-order valence-corrected chi connectivity index (χ4v) is 2.48. The summed E-state index contributed by atoms with van der Waals surface area (Å²) >= 11 is 0. The van der Waals surface area contributed by atoms with Crippen LogP contribution in [0.4, 0.5) is 10.1 Å². The first-order valence-corrected chi connectivity index (χ1v) is 7.79. The Kier molecular flexibility index (Phi) is 4.79. The summed E-state index contributed by atoms with van der Waals surface area (Å²) in [6, 6.07) is 13.7. The van der Waals surface area contributed by atoms with Crippen LogP contribution in [-0.2, 0) is 4.79 Å². The third-order valence-corrected chi connectivity index (χ3v) is 3.71. The lowest BCUT2D eigenvalue weighted by Crippen LogP contribution is -2.34. The molecule has 0 radical (unpaired) electrons. The molecule has 0 aliphatic heterocycles. The molecule has 25 heavy (non-hydrogen) atoms. The summed E-state index contributed by atoms with van der Waals surface area (Å²) in [4.78, 5) is 25.2. The summed E-state index contributed by atoms with van der Waals surface area (Å²) in [6.07, 6.45) is 0. The summed E-state index contributed by atoms with van der Waals surface area (Å²) < 4.78 is 23.6. The molecule has 0 aliphatic carbocycles. The van der Waals surface area contributed by atoms with E-state index in [2.05, 4.69) is 0 Å². The molecular formula is C19H16FNO4. The monoisotopic (exact) mass is 341 g/mol. The standard InChI is InChI=1S/C19H16FNO4/c1-2-21(15-7-5-14(20)6-8-15)18(22)12-24-16-9-3-13-4-10-19(23)25-17(13)11-16/h3-11H,2,12H2,1H3. The average Bonchev–Trinajstić information content (AvgIpc) is 2.61. The molecule has 3 aromatic rings. The zero-order valence-electron chi connectivity index (χ0n) is 13.6. The highest BCUT2D eigenvalue weighted by atomic mass is 19.1. The quantitative estimate of drug-likeness (QED) is 0.668. The molecule has 0 saturated heterocycles. The van der Waals surface area contributed by atoms with Crippen molar-refractivity contribution in [3.05, 3.63) is 70.8 Å². The predicted molar refractivity (Wildman–Crippen MR) is 92.4 cm³/mol. The van der Waals surface area contributed by atoms with Crippen molar-refractivity contribution in [1.82, 2.24) is 0 Å². The third-order valence-electron chi connectivity index (χ3n) is 3.71. The first-order valence-electron chi connectivity index (χ1n) is 7.79. The van der Waals surface area contributed by atoms with Gasteiger partial charge in [0, 0.05) is 29.8 Å². The van der Waals surface area contributed by atoms with Gasteiger partial charge in [0.05, 0.1) is 0 Å². The van der Waals surface area contributed by atoms with Crippen molar-refractivity contribution >= 4 is 22.6 Å². The van der Waals surface area contributed by atoms with Gasteiger partial charge in [0.1, 0.15) is 17.1 Å². The first kappa shape index (κ1) is 16.7. The molecular weight excluding hydrogens is 325 g/mol. The number of hydrogen-bond acceptors (Lipinski definition) is 4. The van der Waals surface area contributed by atoms with E-state index >= 15 is 0 Å². The van der Waals surface area contributed by atoms with Gasteiger partial charge in [0.15, 0.2) is 6.61 Å². The van der Waals surface area contributed by atoms with Gasteiger partial charge in [-0.1, -0.05) is 0 Å². The van der Waals surface area contributed by atoms with Crippen molar-refractivity contribution in [3.8, 4) is 5.75 Å². The van der Waals surface area contributed by atoms with Crippen molar-refractivity contribution in [2.45, 2.75) is 6.92 Å². The minimum Gasteiger partial charge on any atom is -0.484 e. The molecule has 0 N–H and O–H groups in total. The van der Waals surface area contributed by atoms with Gasteiger partial charge in [0.25, 0.3) is 5.91 Å². The number of carbonyl (C=O) groups is 1. The van der Waals surface area contributed by atoms with E-state index in [0.29, 0.717) is 23.6 Å². The number of fused-ring (bicyclic) bond motifs is 1. The molecule has 0 fully saturated rings. The molecule has 5 nitrogen and oxygen atoms in total. The summed E-state index contributed by atoms with van der Waals surface area (Å²) in [5, 5.41) is 0.764. The van der Waals surface area contributed by atoms with E-state index in [0.717, 1.165) is 5.39 Å². The fraction of sp³-hybridized carbons (Fsp3) is 0.158. The van der Waals surface area contributed by atoms with Crippen LogP contribution < -0.4 is 15.3 Å². The molecule has 2 aromatic carbocycles. The van der Waals surface area contributed by atoms with Crippen molar-refractivity contribution < 1.29 is 18.3 Å². The summed E-state index contributed by atoms with van der Waals surface area (Å²) in [5.74, 6) is -0.199. The molecule has 1 aromatic heterocycles. The maximum Gasteiger partial charge on any atom is 0.336 e. The van der Waals surface area contributed by atoms with E-state index in [1.807, 2.05) is 6.92 Å². The lowest BCUT2D eigenvalue weighted by atomic mass is 10.2. The largest absolute Gasteiger partial charge is 0.484 e. The second-order valence-corrected chi connectivity index (χ2v) is 5.36. The Morgan fingerprint density at radius 1 is 1.12 bits per heavy atom. The van der Waals surface area contributed by atoms with Crippen LogP contribution in [0, 0.1) is 5.82 Å². The zero-order valence-corrected chi connectivity index (χ0v) is 13.6. The third kappa shape index (κ3) is 3.85. The van der Waals surface area contributed by atoms with Crippen LogP contribution >= 0.6 is 0 Å². The number of ether oxygens (including phenoxy) is 1. The first-order chi connectivity index (χ1) is 12.1. The van der Waals surface area contributed by atoms with Gasteiger partial charge in [-0.3, -0.25) is 4.79 Å². The van der Waals surface area contributed by atoms with Gasteiger partial charge < -0.3 is 14.1 Å². The van der Waals surface area contributed by atoms with Crippen molar-refractivity contribution in [2.75, 3.05) is 18.1 Å². The molecule has 0 unspecified atom stereocenters. The molecule has 0 aliphatic rings. The van der Waals surface area contributed by atoms with Crippen LogP contribution in [-0.4, -0.2) is 19.1 Å². The number of benzene rings is 2. The smallest absolute Gasteiger partial charge is 0.336 e. The Labute approximate surface area is 143 Å². The van der Waals surface area contributed by atoms with Gasteiger partial charge in [0.2, 0.25) is 0 Å². The topological polar surface area (TPSA) is 59.8 Å². The van der Waals surface area contributed by atoms with E-state index in [1.54, 1.807) is 36.4 Å². The van der Waals surface area contributed by atoms with Crippen LogP contribution in [0.25, 0.3) is 11.0 Å². The predicted octanol–water partition coefficient (Wildman–Crippen LogP) is 3.36.